The molecule has 3 rings (SSSR count). The molecule has 2 aromatic carbocycles. The maximum atomic E-state index is 13.4. The molecule has 3 atom stereocenters. The fraction of sp³-hybridized carbons (Fsp3) is 0.391. The lowest BCUT2D eigenvalue weighted by Crippen LogP contribution is -2.49. The maximum absolute atomic E-state index is 13.4. The predicted molar refractivity (Wildman–Crippen MR) is 117 cm³/mol. The van der Waals surface area contributed by atoms with Crippen LogP contribution in [-0.4, -0.2) is 56.7 Å². The average Bonchev–Trinajstić information content (AvgIpc) is 2.74. The van der Waals surface area contributed by atoms with E-state index in [0.29, 0.717) is 17.7 Å². The molecular formula is C23H27FN2O4S. The van der Waals surface area contributed by atoms with E-state index in [2.05, 4.69) is 17.2 Å². The van der Waals surface area contributed by atoms with E-state index in [1.54, 1.807) is 31.2 Å². The molecule has 8 heteroatoms. The average molecular weight is 447 g/mol. The van der Waals surface area contributed by atoms with Crippen LogP contribution >= 0.6 is 0 Å². The summed E-state index contributed by atoms with van der Waals surface area (Å²) >= 11 is 0. The van der Waals surface area contributed by atoms with Crippen molar-refractivity contribution in [2.24, 2.45) is 5.92 Å². The van der Waals surface area contributed by atoms with Gasteiger partial charge in [0.15, 0.2) is 0 Å². The first-order valence-electron chi connectivity index (χ1n) is 10.1. The Morgan fingerprint density at radius 1 is 1.26 bits per heavy atom. The van der Waals surface area contributed by atoms with Crippen molar-refractivity contribution in [3.05, 3.63) is 59.4 Å². The number of hydrogen-bond donors (Lipinski definition) is 2. The minimum atomic E-state index is -3.88. The lowest BCUT2D eigenvalue weighted by Gasteiger charge is -2.36. The number of sulfonamides is 1. The van der Waals surface area contributed by atoms with Crippen LogP contribution in [0.3, 0.4) is 0 Å². The predicted octanol–water partition coefficient (Wildman–Crippen LogP) is 2.21. The number of aliphatic hydroxyl groups is 1. The molecule has 0 bridgehead atoms. The van der Waals surface area contributed by atoms with Gasteiger partial charge >= 0.3 is 0 Å². The van der Waals surface area contributed by atoms with Crippen LogP contribution in [0.15, 0.2) is 47.4 Å². The van der Waals surface area contributed by atoms with E-state index >= 15 is 0 Å². The second-order valence-electron chi connectivity index (χ2n) is 7.72. The summed E-state index contributed by atoms with van der Waals surface area (Å²) in [5, 5.41) is 12.7. The van der Waals surface area contributed by atoms with Crippen molar-refractivity contribution < 1.29 is 22.7 Å². The van der Waals surface area contributed by atoms with Gasteiger partial charge in [0, 0.05) is 36.2 Å². The van der Waals surface area contributed by atoms with Crippen molar-refractivity contribution in [3.8, 4) is 17.6 Å². The van der Waals surface area contributed by atoms with Gasteiger partial charge in [0.1, 0.15) is 22.6 Å². The van der Waals surface area contributed by atoms with Gasteiger partial charge in [-0.15, -0.1) is 0 Å². The van der Waals surface area contributed by atoms with E-state index in [1.165, 1.54) is 22.5 Å². The Hall–Kier alpha value is -2.44. The molecule has 0 aliphatic carbocycles. The molecule has 0 saturated carbocycles. The number of fused-ring (bicyclic) bond motifs is 1. The Kier molecular flexibility index (Phi) is 7.34. The summed E-state index contributed by atoms with van der Waals surface area (Å²) in [4.78, 5) is 0.0390. The number of ether oxygens (including phenoxy) is 1. The number of nitrogens with one attached hydrogen (secondary N) is 1. The molecule has 1 aliphatic heterocycles. The normalized spacial score (nSPS) is 21.6. The minimum absolute atomic E-state index is 0.0390. The van der Waals surface area contributed by atoms with Gasteiger partial charge in [-0.2, -0.15) is 4.31 Å². The van der Waals surface area contributed by atoms with E-state index in [-0.39, 0.29) is 41.6 Å². The van der Waals surface area contributed by atoms with Crippen LogP contribution in [0.1, 0.15) is 25.0 Å². The number of rotatable bonds is 4. The number of benzene rings is 2. The Morgan fingerprint density at radius 2 is 1.97 bits per heavy atom. The fourth-order valence-electron chi connectivity index (χ4n) is 3.46. The van der Waals surface area contributed by atoms with Gasteiger partial charge in [0.2, 0.25) is 10.0 Å². The van der Waals surface area contributed by atoms with Crippen LogP contribution in [0.4, 0.5) is 4.39 Å². The Morgan fingerprint density at radius 3 is 2.61 bits per heavy atom. The molecule has 0 aromatic heterocycles. The van der Waals surface area contributed by atoms with Gasteiger partial charge in [-0.1, -0.05) is 24.8 Å². The Bertz CT molecular complexity index is 1090. The van der Waals surface area contributed by atoms with Gasteiger partial charge in [-0.05, 0) is 50.4 Å². The molecule has 1 aliphatic rings. The van der Waals surface area contributed by atoms with Crippen molar-refractivity contribution in [1.82, 2.24) is 9.62 Å². The SMILES string of the molecule is CNC[C@H]1Oc2cc(C#Cc3cccc(F)c3)ccc2S(=O)(=O)N([C@@H](C)CO)C[C@@H]1C. The molecule has 2 N–H and O–H groups in total. The zero-order valence-corrected chi connectivity index (χ0v) is 18.6. The van der Waals surface area contributed by atoms with Crippen molar-refractivity contribution >= 4 is 10.0 Å². The van der Waals surface area contributed by atoms with Crippen molar-refractivity contribution in [3.63, 3.8) is 0 Å². The van der Waals surface area contributed by atoms with Crippen LogP contribution in [0.2, 0.25) is 0 Å². The standard InChI is InChI=1S/C23H27FN2O4S/c1-16-14-26(17(2)15-27)31(28,29)23-10-9-19(12-21(23)30-22(16)13-25-3)8-7-18-5-4-6-20(24)11-18/h4-6,9-12,16-17,22,25,27H,13-15H2,1-3H3/t16-,17-,22+/m0/s1. The van der Waals surface area contributed by atoms with Crippen LogP contribution in [0, 0.1) is 23.6 Å². The van der Waals surface area contributed by atoms with Crippen LogP contribution in [0.25, 0.3) is 0 Å². The third kappa shape index (κ3) is 5.25. The highest BCUT2D eigenvalue weighted by Crippen LogP contribution is 2.33. The van der Waals surface area contributed by atoms with E-state index in [9.17, 15) is 17.9 Å². The van der Waals surface area contributed by atoms with E-state index in [0.717, 1.165) is 0 Å². The summed E-state index contributed by atoms with van der Waals surface area (Å²) < 4.78 is 47.6. The molecule has 6 nitrogen and oxygen atoms in total. The first kappa shape index (κ1) is 23.2. The molecule has 0 unspecified atom stereocenters. The van der Waals surface area contributed by atoms with Gasteiger partial charge in [-0.25, -0.2) is 12.8 Å². The van der Waals surface area contributed by atoms with Gasteiger partial charge in [-0.3, -0.25) is 0 Å². The number of halogens is 1. The molecule has 31 heavy (non-hydrogen) atoms. The third-order valence-electron chi connectivity index (χ3n) is 5.25. The Labute approximate surface area is 183 Å². The van der Waals surface area contributed by atoms with Gasteiger partial charge in [0.25, 0.3) is 0 Å². The van der Waals surface area contributed by atoms with Crippen molar-refractivity contribution in [2.45, 2.75) is 30.9 Å². The second kappa shape index (κ2) is 9.79. The van der Waals surface area contributed by atoms with Crippen molar-refractivity contribution in [1.29, 1.82) is 0 Å². The van der Waals surface area contributed by atoms with Gasteiger partial charge in [0.05, 0.1) is 6.61 Å². The highest BCUT2D eigenvalue weighted by atomic mass is 32.2. The van der Waals surface area contributed by atoms with E-state index in [4.69, 9.17) is 4.74 Å². The first-order valence-corrected chi connectivity index (χ1v) is 11.6. The molecule has 0 amide bonds. The molecule has 0 fully saturated rings. The fourth-order valence-corrected chi connectivity index (χ4v) is 5.28. The summed E-state index contributed by atoms with van der Waals surface area (Å²) in [6, 6.07) is 10.1. The molecule has 0 radical (unpaired) electrons. The minimum Gasteiger partial charge on any atom is -0.487 e. The molecule has 2 aromatic rings. The molecule has 0 spiro atoms. The number of nitrogens with zero attached hydrogens (tertiary/aromatic N) is 1. The topological polar surface area (TPSA) is 78.9 Å². The lowest BCUT2D eigenvalue weighted by molar-refractivity contribution is 0.103. The summed E-state index contributed by atoms with van der Waals surface area (Å²) in [7, 11) is -2.08. The summed E-state index contributed by atoms with van der Waals surface area (Å²) in [5.41, 5.74) is 1.07. The monoisotopic (exact) mass is 446 g/mol. The Balaban J connectivity index is 2.07. The zero-order chi connectivity index (χ0) is 22.6. The molecule has 166 valence electrons. The van der Waals surface area contributed by atoms with Crippen molar-refractivity contribution in [2.75, 3.05) is 26.7 Å². The van der Waals surface area contributed by atoms with E-state index < -0.39 is 16.1 Å². The number of likely N-dealkylation sites (N-methyl/N-ethyl adjacent to an activating group) is 1. The smallest absolute Gasteiger partial charge is 0.247 e. The maximum Gasteiger partial charge on any atom is 0.247 e. The molecule has 0 saturated heterocycles. The summed E-state index contributed by atoms with van der Waals surface area (Å²) in [6.07, 6.45) is -0.279. The van der Waals surface area contributed by atoms with Crippen LogP contribution < -0.4 is 10.1 Å². The second-order valence-corrected chi connectivity index (χ2v) is 9.58. The number of hydrogen-bond acceptors (Lipinski definition) is 5. The van der Waals surface area contributed by atoms with Crippen LogP contribution in [-0.2, 0) is 10.0 Å². The van der Waals surface area contributed by atoms with Gasteiger partial charge < -0.3 is 15.2 Å². The highest BCUT2D eigenvalue weighted by Gasteiger charge is 2.37. The summed E-state index contributed by atoms with van der Waals surface area (Å²) in [5.74, 6) is 5.55. The third-order valence-corrected chi connectivity index (χ3v) is 7.27. The highest BCUT2D eigenvalue weighted by molar-refractivity contribution is 7.89. The summed E-state index contributed by atoms with van der Waals surface area (Å²) in [6.45, 7) is 4.08. The number of aliphatic hydroxyl groups excluding tert-OH is 1. The lowest BCUT2D eigenvalue weighted by atomic mass is 10.0. The molecule has 1 heterocycles. The van der Waals surface area contributed by atoms with Crippen LogP contribution in [0.5, 0.6) is 5.75 Å². The molecular weight excluding hydrogens is 419 g/mol. The first-order chi connectivity index (χ1) is 14.8. The zero-order valence-electron chi connectivity index (χ0n) is 17.8. The van der Waals surface area contributed by atoms with E-state index in [1.807, 2.05) is 14.0 Å². The quantitative estimate of drug-likeness (QED) is 0.704. The largest absolute Gasteiger partial charge is 0.487 e.